The van der Waals surface area contributed by atoms with Gasteiger partial charge in [-0.05, 0) is 35.9 Å². The molecular formula is C25H24F3N3O. The summed E-state index contributed by atoms with van der Waals surface area (Å²) >= 11 is 0. The lowest BCUT2D eigenvalue weighted by molar-refractivity contribution is -0.136. The van der Waals surface area contributed by atoms with E-state index < -0.39 is 17.2 Å². The van der Waals surface area contributed by atoms with E-state index >= 15 is 0 Å². The number of hydrogen-bond donors (Lipinski definition) is 0. The predicted octanol–water partition coefficient (Wildman–Crippen LogP) is 6.47. The number of fused-ring (bicyclic) bond motifs is 1. The molecule has 0 bridgehead atoms. The van der Waals surface area contributed by atoms with Crippen LogP contribution in [0.15, 0.2) is 60.7 Å². The molecule has 0 fully saturated rings. The highest BCUT2D eigenvalue weighted by molar-refractivity contribution is 5.94. The van der Waals surface area contributed by atoms with Crippen molar-refractivity contribution in [3.63, 3.8) is 0 Å². The third kappa shape index (κ3) is 4.20. The lowest BCUT2D eigenvalue weighted by Crippen LogP contribution is -2.17. The zero-order valence-electron chi connectivity index (χ0n) is 18.4. The van der Waals surface area contributed by atoms with Crippen LogP contribution in [-0.2, 0) is 18.1 Å². The summed E-state index contributed by atoms with van der Waals surface area (Å²) in [7, 11) is 1.54. The fraction of sp³-hybridized carbons (Fsp3) is 0.280. The maximum Gasteiger partial charge on any atom is 0.417 e. The number of benzene rings is 2. The molecule has 2 aromatic heterocycles. The first-order valence-corrected chi connectivity index (χ1v) is 10.3. The summed E-state index contributed by atoms with van der Waals surface area (Å²) in [6.07, 6.45) is -4.55. The van der Waals surface area contributed by atoms with Gasteiger partial charge in [0.15, 0.2) is 5.65 Å². The van der Waals surface area contributed by atoms with Gasteiger partial charge >= 0.3 is 6.18 Å². The molecule has 4 aromatic rings. The fourth-order valence-electron chi connectivity index (χ4n) is 3.60. The van der Waals surface area contributed by atoms with E-state index in [-0.39, 0.29) is 16.7 Å². The number of pyridine rings is 1. The number of ether oxygens (including phenoxy) is 1. The number of methoxy groups -OCH3 is 1. The Morgan fingerprint density at radius 2 is 1.59 bits per heavy atom. The maximum atomic E-state index is 14.3. The van der Waals surface area contributed by atoms with Crippen LogP contribution in [-0.4, -0.2) is 21.9 Å². The Kier molecular flexibility index (Phi) is 5.44. The van der Waals surface area contributed by atoms with Crippen LogP contribution < -0.4 is 4.74 Å². The highest BCUT2D eigenvalue weighted by Gasteiger charge is 2.37. The zero-order chi connectivity index (χ0) is 23.1. The van der Waals surface area contributed by atoms with E-state index in [2.05, 4.69) is 10.1 Å². The van der Waals surface area contributed by atoms with Crippen LogP contribution in [0.1, 0.15) is 37.6 Å². The summed E-state index contributed by atoms with van der Waals surface area (Å²) in [5.74, 6) is 0.617. The van der Waals surface area contributed by atoms with Gasteiger partial charge < -0.3 is 4.74 Å². The van der Waals surface area contributed by atoms with Crippen molar-refractivity contribution in [2.24, 2.45) is 0 Å². The number of nitrogens with zero attached hydrogens (tertiary/aromatic N) is 3. The average molecular weight is 439 g/mol. The largest absolute Gasteiger partial charge is 0.497 e. The van der Waals surface area contributed by atoms with E-state index in [9.17, 15) is 13.2 Å². The van der Waals surface area contributed by atoms with Gasteiger partial charge in [0.05, 0.1) is 24.6 Å². The van der Waals surface area contributed by atoms with Crippen molar-refractivity contribution in [1.29, 1.82) is 0 Å². The monoisotopic (exact) mass is 439 g/mol. The molecule has 2 heterocycles. The average Bonchev–Trinajstić information content (AvgIpc) is 3.11. The van der Waals surface area contributed by atoms with E-state index in [0.29, 0.717) is 23.6 Å². The fourth-order valence-corrected chi connectivity index (χ4v) is 3.60. The summed E-state index contributed by atoms with van der Waals surface area (Å²) < 4.78 is 49.5. The molecule has 0 spiro atoms. The molecule has 0 aliphatic heterocycles. The first kappa shape index (κ1) is 21.9. The summed E-state index contributed by atoms with van der Waals surface area (Å²) in [6, 6.07) is 17.5. The second-order valence-corrected chi connectivity index (χ2v) is 8.72. The lowest BCUT2D eigenvalue weighted by atomic mass is 9.90. The van der Waals surface area contributed by atoms with Crippen LogP contribution in [0.4, 0.5) is 13.2 Å². The molecule has 0 aliphatic rings. The predicted molar refractivity (Wildman–Crippen MR) is 119 cm³/mol. The maximum absolute atomic E-state index is 14.3. The summed E-state index contributed by atoms with van der Waals surface area (Å²) in [6.45, 7) is 5.86. The minimum Gasteiger partial charge on any atom is -0.497 e. The smallest absolute Gasteiger partial charge is 0.417 e. The Labute approximate surface area is 184 Å². The van der Waals surface area contributed by atoms with Crippen LogP contribution >= 0.6 is 0 Å². The van der Waals surface area contributed by atoms with Gasteiger partial charge in [0.1, 0.15) is 11.4 Å². The van der Waals surface area contributed by atoms with E-state index in [1.807, 2.05) is 51.1 Å². The minimum absolute atomic E-state index is 0.00611. The van der Waals surface area contributed by atoms with Gasteiger partial charge in [0, 0.05) is 16.7 Å². The minimum atomic E-state index is -4.55. The Balaban J connectivity index is 2.03. The van der Waals surface area contributed by atoms with Crippen molar-refractivity contribution in [1.82, 2.24) is 14.8 Å². The summed E-state index contributed by atoms with van der Waals surface area (Å²) in [5.41, 5.74) is 1.05. The molecule has 4 nitrogen and oxygen atoms in total. The molecule has 0 atom stereocenters. The van der Waals surface area contributed by atoms with E-state index in [4.69, 9.17) is 4.74 Å². The first-order valence-electron chi connectivity index (χ1n) is 10.3. The Hall–Kier alpha value is -3.35. The van der Waals surface area contributed by atoms with Crippen LogP contribution in [0.5, 0.6) is 5.75 Å². The Morgan fingerprint density at radius 3 is 2.16 bits per heavy atom. The third-order valence-corrected chi connectivity index (χ3v) is 5.31. The lowest BCUT2D eigenvalue weighted by Gasteiger charge is -2.20. The van der Waals surface area contributed by atoms with Gasteiger partial charge in [-0.1, -0.05) is 51.1 Å². The summed E-state index contributed by atoms with van der Waals surface area (Å²) in [4.78, 5) is 4.67. The van der Waals surface area contributed by atoms with E-state index in [1.54, 1.807) is 36.1 Å². The Bertz CT molecular complexity index is 1240. The molecule has 32 heavy (non-hydrogen) atoms. The second-order valence-electron chi connectivity index (χ2n) is 8.72. The molecule has 0 N–H and O–H groups in total. The normalized spacial score (nSPS) is 12.3. The molecule has 0 saturated heterocycles. The zero-order valence-corrected chi connectivity index (χ0v) is 18.4. The highest BCUT2D eigenvalue weighted by atomic mass is 19.4. The molecule has 0 amide bonds. The highest BCUT2D eigenvalue weighted by Crippen LogP contribution is 2.41. The van der Waals surface area contributed by atoms with Gasteiger partial charge in [-0.15, -0.1) is 0 Å². The van der Waals surface area contributed by atoms with Crippen LogP contribution in [0.2, 0.25) is 0 Å². The Morgan fingerprint density at radius 1 is 0.938 bits per heavy atom. The topological polar surface area (TPSA) is 39.9 Å². The van der Waals surface area contributed by atoms with Gasteiger partial charge in [-0.2, -0.15) is 18.3 Å². The van der Waals surface area contributed by atoms with Crippen molar-refractivity contribution >= 4 is 11.0 Å². The number of hydrogen-bond acceptors (Lipinski definition) is 3. The first-order chi connectivity index (χ1) is 15.1. The van der Waals surface area contributed by atoms with Crippen LogP contribution in [0, 0.1) is 0 Å². The SMILES string of the molecule is COc1ccc(-c2nn(Cc3ccccc3)c3nc(C(C)(C)C)cc(C(F)(F)F)c23)cc1. The number of halogens is 3. The second kappa shape index (κ2) is 7.97. The van der Waals surface area contributed by atoms with Crippen molar-refractivity contribution in [3.8, 4) is 17.0 Å². The van der Waals surface area contributed by atoms with E-state index in [1.165, 1.54) is 0 Å². The molecule has 7 heteroatoms. The third-order valence-electron chi connectivity index (χ3n) is 5.31. The molecular weight excluding hydrogens is 415 g/mol. The van der Waals surface area contributed by atoms with Crippen molar-refractivity contribution in [2.45, 2.75) is 38.9 Å². The van der Waals surface area contributed by atoms with Crippen molar-refractivity contribution in [3.05, 3.63) is 77.5 Å². The molecule has 2 aromatic carbocycles. The van der Waals surface area contributed by atoms with Gasteiger partial charge in [0.25, 0.3) is 0 Å². The van der Waals surface area contributed by atoms with Crippen molar-refractivity contribution < 1.29 is 17.9 Å². The quantitative estimate of drug-likeness (QED) is 0.366. The molecule has 0 saturated carbocycles. The summed E-state index contributed by atoms with van der Waals surface area (Å²) in [5, 5.41) is 4.63. The molecule has 0 radical (unpaired) electrons. The number of rotatable bonds is 4. The van der Waals surface area contributed by atoms with Crippen LogP contribution in [0.25, 0.3) is 22.3 Å². The molecule has 4 rings (SSSR count). The van der Waals surface area contributed by atoms with Gasteiger partial charge in [-0.3, -0.25) is 0 Å². The molecule has 166 valence electrons. The van der Waals surface area contributed by atoms with E-state index in [0.717, 1.165) is 11.6 Å². The molecule has 0 unspecified atom stereocenters. The number of aromatic nitrogens is 3. The standard InChI is InChI=1S/C25H24F3N3O/c1-24(2,3)20-14-19(25(26,27)28)21-22(17-10-12-18(32-4)13-11-17)30-31(23(21)29-20)15-16-8-6-5-7-9-16/h5-14H,15H2,1-4H3. The van der Waals surface area contributed by atoms with Crippen LogP contribution in [0.3, 0.4) is 0 Å². The van der Waals surface area contributed by atoms with Crippen molar-refractivity contribution in [2.75, 3.05) is 7.11 Å². The number of alkyl halides is 3. The molecule has 0 aliphatic carbocycles. The van der Waals surface area contributed by atoms with Gasteiger partial charge in [-0.25, -0.2) is 9.67 Å². The van der Waals surface area contributed by atoms with Gasteiger partial charge in [0.2, 0.25) is 0 Å².